The lowest BCUT2D eigenvalue weighted by Gasteiger charge is -2.30. The number of rotatable bonds is 7. The third kappa shape index (κ3) is 6.31. The number of aliphatic hydroxyl groups excluding tert-OH is 1. The summed E-state index contributed by atoms with van der Waals surface area (Å²) >= 11 is 0. The van der Waals surface area contributed by atoms with Gasteiger partial charge in [-0.05, 0) is 76.6 Å². The van der Waals surface area contributed by atoms with Gasteiger partial charge in [-0.1, -0.05) is 36.8 Å². The number of nitrogens with zero attached hydrogens (tertiary/aromatic N) is 2. The van der Waals surface area contributed by atoms with Crippen LogP contribution in [0.4, 0.5) is 0 Å². The highest BCUT2D eigenvalue weighted by Gasteiger charge is 2.40. The van der Waals surface area contributed by atoms with E-state index in [1.54, 1.807) is 13.0 Å². The van der Waals surface area contributed by atoms with E-state index in [2.05, 4.69) is 11.8 Å². The molecule has 4 rings (SSSR count). The molecule has 2 aromatic rings. The molecule has 6 nitrogen and oxygen atoms in total. The SMILES string of the molecule is CCOC(=O)c1cc2c(c(-c3cccc(C#CCC4CCCC4)c3)n1)[C@H](CCO)N([S@@](=O)C(C)(C)C)C2. The van der Waals surface area contributed by atoms with Crippen LogP contribution in [0.5, 0.6) is 0 Å². The number of benzene rings is 1. The van der Waals surface area contributed by atoms with Crippen LogP contribution in [-0.2, 0) is 22.3 Å². The maximum Gasteiger partial charge on any atom is 0.356 e. The molecule has 2 aliphatic rings. The summed E-state index contributed by atoms with van der Waals surface area (Å²) in [5.74, 6) is 6.91. The Balaban J connectivity index is 1.78. The molecule has 0 saturated heterocycles. The van der Waals surface area contributed by atoms with Crippen molar-refractivity contribution in [3.63, 3.8) is 0 Å². The van der Waals surface area contributed by atoms with E-state index in [0.717, 1.165) is 28.7 Å². The Labute approximate surface area is 223 Å². The average Bonchev–Trinajstić information content (AvgIpc) is 3.51. The summed E-state index contributed by atoms with van der Waals surface area (Å²) in [4.78, 5) is 17.5. The van der Waals surface area contributed by atoms with Crippen LogP contribution in [-0.4, -0.2) is 42.5 Å². The molecule has 0 spiro atoms. The second-order valence-corrected chi connectivity index (χ2v) is 13.0. The molecule has 0 bridgehead atoms. The summed E-state index contributed by atoms with van der Waals surface area (Å²) in [5, 5.41) is 9.92. The van der Waals surface area contributed by atoms with Crippen molar-refractivity contribution in [3.05, 3.63) is 52.7 Å². The Hall–Kier alpha value is -2.53. The Morgan fingerprint density at radius 3 is 2.68 bits per heavy atom. The Morgan fingerprint density at radius 2 is 2.00 bits per heavy atom. The fourth-order valence-corrected chi connectivity index (χ4v) is 6.66. The van der Waals surface area contributed by atoms with Crippen molar-refractivity contribution in [1.82, 2.24) is 9.29 Å². The van der Waals surface area contributed by atoms with Crippen molar-refractivity contribution in [1.29, 1.82) is 0 Å². The maximum atomic E-state index is 13.5. The first-order valence-corrected chi connectivity index (χ1v) is 14.4. The number of esters is 1. The molecule has 1 fully saturated rings. The van der Waals surface area contributed by atoms with Crippen LogP contribution in [0.2, 0.25) is 0 Å². The summed E-state index contributed by atoms with van der Waals surface area (Å²) in [7, 11) is -1.31. The molecule has 0 unspecified atom stereocenters. The van der Waals surface area contributed by atoms with Gasteiger partial charge in [0.15, 0.2) is 0 Å². The van der Waals surface area contributed by atoms with Crippen LogP contribution < -0.4 is 0 Å². The molecule has 1 aromatic heterocycles. The molecular formula is C30H38N2O4S. The number of carbonyl (C=O) groups is 1. The first kappa shape index (κ1) is 27.5. The van der Waals surface area contributed by atoms with Gasteiger partial charge in [-0.3, -0.25) is 0 Å². The number of aromatic nitrogens is 1. The molecule has 7 heteroatoms. The summed E-state index contributed by atoms with van der Waals surface area (Å²) < 4.78 is 20.2. The summed E-state index contributed by atoms with van der Waals surface area (Å²) in [6.45, 7) is 8.22. The Bertz CT molecular complexity index is 1220. The summed E-state index contributed by atoms with van der Waals surface area (Å²) in [5.41, 5.74) is 4.45. The predicted molar refractivity (Wildman–Crippen MR) is 147 cm³/mol. The highest BCUT2D eigenvalue weighted by Crippen LogP contribution is 2.44. The normalized spacial score (nSPS) is 18.8. The van der Waals surface area contributed by atoms with Gasteiger partial charge in [0.25, 0.3) is 0 Å². The van der Waals surface area contributed by atoms with Crippen molar-refractivity contribution in [2.45, 2.75) is 83.6 Å². The van der Waals surface area contributed by atoms with Gasteiger partial charge in [0.1, 0.15) is 16.7 Å². The molecule has 37 heavy (non-hydrogen) atoms. The molecule has 1 aliphatic carbocycles. The zero-order valence-corrected chi connectivity index (χ0v) is 23.2. The number of ether oxygens (including phenoxy) is 1. The number of pyridine rings is 1. The average molecular weight is 523 g/mol. The van der Waals surface area contributed by atoms with Gasteiger partial charge in [-0.15, -0.1) is 0 Å². The number of fused-ring (bicyclic) bond motifs is 1. The fourth-order valence-electron chi connectivity index (χ4n) is 5.25. The molecule has 1 N–H and O–H groups in total. The summed E-state index contributed by atoms with van der Waals surface area (Å²) in [6, 6.07) is 9.41. The molecule has 0 radical (unpaired) electrons. The van der Waals surface area contributed by atoms with Crippen LogP contribution in [0.15, 0.2) is 30.3 Å². The van der Waals surface area contributed by atoms with Gasteiger partial charge in [-0.2, -0.15) is 0 Å². The minimum Gasteiger partial charge on any atom is -0.461 e. The van der Waals surface area contributed by atoms with Crippen LogP contribution in [0.25, 0.3) is 11.3 Å². The second kappa shape index (κ2) is 11.9. The molecular weight excluding hydrogens is 484 g/mol. The third-order valence-electron chi connectivity index (χ3n) is 7.01. The van der Waals surface area contributed by atoms with Gasteiger partial charge < -0.3 is 9.84 Å². The quantitative estimate of drug-likeness (QED) is 0.381. The molecule has 1 saturated carbocycles. The number of hydrogen-bond donors (Lipinski definition) is 1. The third-order valence-corrected chi connectivity index (χ3v) is 8.87. The van der Waals surface area contributed by atoms with Gasteiger partial charge in [0, 0.05) is 36.3 Å². The minimum atomic E-state index is -1.31. The van der Waals surface area contributed by atoms with E-state index in [9.17, 15) is 14.1 Å². The van der Waals surface area contributed by atoms with E-state index >= 15 is 0 Å². The Kier molecular flexibility index (Phi) is 8.84. The highest BCUT2D eigenvalue weighted by molar-refractivity contribution is 7.84. The van der Waals surface area contributed by atoms with E-state index in [0.29, 0.717) is 24.6 Å². The van der Waals surface area contributed by atoms with Crippen LogP contribution in [0, 0.1) is 17.8 Å². The smallest absolute Gasteiger partial charge is 0.356 e. The number of carbonyl (C=O) groups excluding carboxylic acids is 1. The fraction of sp³-hybridized carbons (Fsp3) is 0.533. The van der Waals surface area contributed by atoms with Gasteiger partial charge in [0.05, 0.1) is 23.1 Å². The standard InChI is InChI=1S/C30H38N2O4S/c1-5-36-29(34)25-19-24-20-32(37(35)30(2,3)4)26(16-17-33)27(24)28(31-25)23-15-9-14-22(18-23)13-8-12-21-10-6-7-11-21/h9,14-15,18-19,21,26,33H,5-7,10-12,16-17,20H2,1-4H3/t26-,37-/m0/s1. The lowest BCUT2D eigenvalue weighted by Crippen LogP contribution is -2.36. The van der Waals surface area contributed by atoms with E-state index in [4.69, 9.17) is 9.72 Å². The monoisotopic (exact) mass is 522 g/mol. The van der Waals surface area contributed by atoms with E-state index in [1.165, 1.54) is 25.7 Å². The molecule has 2 atom stereocenters. The van der Waals surface area contributed by atoms with Gasteiger partial charge in [0.2, 0.25) is 0 Å². The first-order valence-electron chi connectivity index (χ1n) is 13.3. The molecule has 2 heterocycles. The van der Waals surface area contributed by atoms with Crippen molar-refractivity contribution in [2.75, 3.05) is 13.2 Å². The largest absolute Gasteiger partial charge is 0.461 e. The van der Waals surface area contributed by atoms with Crippen molar-refractivity contribution < 1.29 is 18.8 Å². The van der Waals surface area contributed by atoms with E-state index < -0.39 is 21.7 Å². The molecule has 0 amide bonds. The predicted octanol–water partition coefficient (Wildman–Crippen LogP) is 5.56. The minimum absolute atomic E-state index is 0.0479. The van der Waals surface area contributed by atoms with E-state index in [1.807, 2.05) is 49.3 Å². The maximum absolute atomic E-state index is 13.5. The summed E-state index contributed by atoms with van der Waals surface area (Å²) in [6.07, 6.45) is 6.49. The number of aliphatic hydroxyl groups is 1. The van der Waals surface area contributed by atoms with Crippen molar-refractivity contribution >= 4 is 17.0 Å². The lowest BCUT2D eigenvalue weighted by molar-refractivity contribution is 0.0519. The zero-order valence-electron chi connectivity index (χ0n) is 22.4. The first-order chi connectivity index (χ1) is 17.7. The second-order valence-electron chi connectivity index (χ2n) is 10.9. The Morgan fingerprint density at radius 1 is 1.24 bits per heavy atom. The van der Waals surface area contributed by atoms with Crippen LogP contribution >= 0.6 is 0 Å². The topological polar surface area (TPSA) is 79.7 Å². The van der Waals surface area contributed by atoms with Crippen LogP contribution in [0.1, 0.15) is 99.4 Å². The van der Waals surface area contributed by atoms with E-state index in [-0.39, 0.29) is 24.9 Å². The molecule has 198 valence electrons. The lowest BCUT2D eigenvalue weighted by atomic mass is 9.95. The van der Waals surface area contributed by atoms with Gasteiger partial charge >= 0.3 is 5.97 Å². The molecule has 1 aromatic carbocycles. The van der Waals surface area contributed by atoms with Crippen molar-refractivity contribution in [2.24, 2.45) is 5.92 Å². The van der Waals surface area contributed by atoms with Crippen molar-refractivity contribution in [3.8, 4) is 23.1 Å². The molecule has 1 aliphatic heterocycles. The number of hydrogen-bond acceptors (Lipinski definition) is 5. The highest BCUT2D eigenvalue weighted by atomic mass is 32.2. The van der Waals surface area contributed by atoms with Crippen LogP contribution in [0.3, 0.4) is 0 Å². The van der Waals surface area contributed by atoms with Gasteiger partial charge in [-0.25, -0.2) is 18.3 Å². The zero-order chi connectivity index (χ0) is 26.6.